The van der Waals surface area contributed by atoms with Crippen molar-refractivity contribution < 1.29 is 0 Å². The first-order valence-corrected chi connectivity index (χ1v) is 10.7. The Hall–Kier alpha value is -3.64. The van der Waals surface area contributed by atoms with Crippen molar-refractivity contribution >= 4 is 22.7 Å². The molecule has 0 bridgehead atoms. The summed E-state index contributed by atoms with van der Waals surface area (Å²) in [6.07, 6.45) is 0. The topological polar surface area (TPSA) is 105 Å². The second kappa shape index (κ2) is 7.65. The number of benzene rings is 1. The highest BCUT2D eigenvalue weighted by Crippen LogP contribution is 2.12. The lowest BCUT2D eigenvalue weighted by molar-refractivity contribution is 0.626. The Morgan fingerprint density at radius 1 is 0.633 bits per heavy atom. The second-order valence-electron chi connectivity index (χ2n) is 6.38. The third kappa shape index (κ3) is 3.42. The first kappa shape index (κ1) is 18.4. The molecule has 0 saturated heterocycles. The molecule has 0 aliphatic carbocycles. The maximum atomic E-state index is 12.5. The van der Waals surface area contributed by atoms with Crippen molar-refractivity contribution in [1.82, 2.24) is 39.6 Å². The van der Waals surface area contributed by atoms with E-state index in [1.165, 1.54) is 41.4 Å². The lowest BCUT2D eigenvalue weighted by atomic mass is 10.1. The summed E-state index contributed by atoms with van der Waals surface area (Å²) in [6.45, 7) is 0.609. The van der Waals surface area contributed by atoms with E-state index < -0.39 is 0 Å². The van der Waals surface area contributed by atoms with E-state index in [2.05, 4.69) is 20.9 Å². The molecule has 0 radical (unpaired) electrons. The molecule has 4 aromatic heterocycles. The van der Waals surface area contributed by atoms with Crippen LogP contribution in [0.25, 0.3) is 10.0 Å². The molecule has 0 saturated carbocycles. The van der Waals surface area contributed by atoms with E-state index >= 15 is 0 Å². The third-order valence-electron chi connectivity index (χ3n) is 4.40. The minimum absolute atomic E-state index is 0.293. The van der Waals surface area contributed by atoms with Gasteiger partial charge in [0.1, 0.15) is 10.0 Å². The Morgan fingerprint density at radius 3 is 1.43 bits per heavy atom. The molecule has 150 valence electrons. The maximum absolute atomic E-state index is 12.5. The molecule has 30 heavy (non-hydrogen) atoms. The van der Waals surface area contributed by atoms with Crippen molar-refractivity contribution in [3.05, 3.63) is 91.4 Å². The maximum Gasteiger partial charge on any atom is 0.369 e. The number of rotatable bonds is 6. The number of hydrogen-bond acceptors (Lipinski definition) is 8. The fourth-order valence-electron chi connectivity index (χ4n) is 2.90. The van der Waals surface area contributed by atoms with Crippen LogP contribution in [-0.2, 0) is 13.1 Å². The standard InChI is InChI=1S/C18H14N8O2S2/c27-17-23(19-21-25(17)15-3-1-9-29-15)11-13-5-7-14(8-6-13)12-24-18(28)26(22-20-24)16-4-2-10-30-16/h1-10H,11-12H2. The normalized spacial score (nSPS) is 11.2. The number of thiophene rings is 2. The van der Waals surface area contributed by atoms with Crippen molar-refractivity contribution in [3.8, 4) is 10.0 Å². The quantitative estimate of drug-likeness (QED) is 0.397. The van der Waals surface area contributed by atoms with Gasteiger partial charge in [0.15, 0.2) is 0 Å². The zero-order chi connectivity index (χ0) is 20.5. The molecule has 0 unspecified atom stereocenters. The van der Waals surface area contributed by atoms with Crippen molar-refractivity contribution in [3.63, 3.8) is 0 Å². The van der Waals surface area contributed by atoms with Crippen LogP contribution >= 0.6 is 22.7 Å². The molecule has 0 amide bonds. The first-order chi connectivity index (χ1) is 14.7. The predicted octanol–water partition coefficient (Wildman–Crippen LogP) is 1.39. The molecular weight excluding hydrogens is 424 g/mol. The van der Waals surface area contributed by atoms with Crippen LogP contribution in [-0.4, -0.2) is 39.6 Å². The van der Waals surface area contributed by atoms with Gasteiger partial charge in [-0.25, -0.2) is 9.59 Å². The molecule has 5 rings (SSSR count). The number of hydrogen-bond donors (Lipinski definition) is 0. The largest absolute Gasteiger partial charge is 0.369 e. The van der Waals surface area contributed by atoms with Gasteiger partial charge in [0.25, 0.3) is 0 Å². The summed E-state index contributed by atoms with van der Waals surface area (Å²) in [6, 6.07) is 14.9. The van der Waals surface area contributed by atoms with Crippen LogP contribution in [0.3, 0.4) is 0 Å². The molecule has 0 fully saturated rings. The van der Waals surface area contributed by atoms with E-state index in [9.17, 15) is 9.59 Å². The Morgan fingerprint density at radius 2 is 1.07 bits per heavy atom. The predicted molar refractivity (Wildman–Crippen MR) is 112 cm³/mol. The van der Waals surface area contributed by atoms with Gasteiger partial charge in [-0.1, -0.05) is 24.3 Å². The monoisotopic (exact) mass is 438 g/mol. The van der Waals surface area contributed by atoms with Crippen LogP contribution in [0.2, 0.25) is 0 Å². The fourth-order valence-corrected chi connectivity index (χ4v) is 4.24. The summed E-state index contributed by atoms with van der Waals surface area (Å²) in [5.41, 5.74) is 1.21. The van der Waals surface area contributed by atoms with E-state index in [0.717, 1.165) is 21.1 Å². The Labute approximate surface area is 176 Å². The highest BCUT2D eigenvalue weighted by Gasteiger charge is 2.12. The minimum atomic E-state index is -0.293. The zero-order valence-electron chi connectivity index (χ0n) is 15.4. The van der Waals surface area contributed by atoms with Crippen LogP contribution in [0.4, 0.5) is 0 Å². The Kier molecular flexibility index (Phi) is 4.69. The highest BCUT2D eigenvalue weighted by atomic mass is 32.1. The van der Waals surface area contributed by atoms with E-state index in [1.54, 1.807) is 0 Å². The van der Waals surface area contributed by atoms with Gasteiger partial charge < -0.3 is 0 Å². The third-order valence-corrected chi connectivity index (χ3v) is 6.08. The zero-order valence-corrected chi connectivity index (χ0v) is 17.0. The second-order valence-corrected chi connectivity index (χ2v) is 8.23. The summed E-state index contributed by atoms with van der Waals surface area (Å²) in [5, 5.41) is 21.0. The molecule has 0 N–H and O–H groups in total. The van der Waals surface area contributed by atoms with Gasteiger partial charge in [-0.2, -0.15) is 18.7 Å². The van der Waals surface area contributed by atoms with Gasteiger partial charge in [-0.3, -0.25) is 0 Å². The number of tetrazole rings is 2. The fraction of sp³-hybridized carbons (Fsp3) is 0.111. The summed E-state index contributed by atoms with van der Waals surface area (Å²) < 4.78 is 5.18. The average Bonchev–Trinajstić information content (AvgIpc) is 3.54. The number of nitrogens with zero attached hydrogens (tertiary/aromatic N) is 8. The van der Waals surface area contributed by atoms with E-state index in [4.69, 9.17) is 0 Å². The van der Waals surface area contributed by atoms with E-state index in [0.29, 0.717) is 13.1 Å². The van der Waals surface area contributed by atoms with Crippen LogP contribution < -0.4 is 11.4 Å². The van der Waals surface area contributed by atoms with Crippen molar-refractivity contribution in [2.24, 2.45) is 0 Å². The lowest BCUT2D eigenvalue weighted by Gasteiger charge is -2.03. The van der Waals surface area contributed by atoms with Crippen LogP contribution in [0.15, 0.2) is 68.9 Å². The van der Waals surface area contributed by atoms with Crippen molar-refractivity contribution in [2.75, 3.05) is 0 Å². The molecule has 10 nitrogen and oxygen atoms in total. The summed E-state index contributed by atoms with van der Waals surface area (Å²) in [4.78, 5) is 24.9. The smallest absolute Gasteiger partial charge is 0.244 e. The van der Waals surface area contributed by atoms with Gasteiger partial charge in [-0.05, 0) is 67.0 Å². The van der Waals surface area contributed by atoms with Crippen LogP contribution in [0.5, 0.6) is 0 Å². The van der Waals surface area contributed by atoms with Gasteiger partial charge >= 0.3 is 11.4 Å². The van der Waals surface area contributed by atoms with E-state index in [1.807, 2.05) is 59.3 Å². The van der Waals surface area contributed by atoms with Gasteiger partial charge in [0.2, 0.25) is 0 Å². The summed E-state index contributed by atoms with van der Waals surface area (Å²) in [5.74, 6) is 0. The van der Waals surface area contributed by atoms with Crippen molar-refractivity contribution in [1.29, 1.82) is 0 Å². The summed E-state index contributed by atoms with van der Waals surface area (Å²) in [7, 11) is 0. The van der Waals surface area contributed by atoms with Gasteiger partial charge in [0.05, 0.1) is 13.1 Å². The lowest BCUT2D eigenvalue weighted by Crippen LogP contribution is -2.24. The number of aromatic nitrogens is 8. The van der Waals surface area contributed by atoms with Crippen molar-refractivity contribution in [2.45, 2.75) is 13.1 Å². The molecule has 4 heterocycles. The Bertz CT molecular complexity index is 1270. The molecule has 0 aliphatic heterocycles. The highest BCUT2D eigenvalue weighted by molar-refractivity contribution is 7.12. The van der Waals surface area contributed by atoms with Crippen LogP contribution in [0.1, 0.15) is 11.1 Å². The van der Waals surface area contributed by atoms with Crippen LogP contribution in [0, 0.1) is 0 Å². The average molecular weight is 438 g/mol. The molecule has 0 spiro atoms. The molecule has 12 heteroatoms. The van der Waals surface area contributed by atoms with Gasteiger partial charge in [0, 0.05) is 0 Å². The molecule has 0 atom stereocenters. The molecule has 5 aromatic rings. The SMILES string of the molecule is O=c1n(Cc2ccc(Cn3nnn(-c4cccs4)c3=O)cc2)nnn1-c1cccs1. The molecule has 0 aliphatic rings. The molecule has 1 aromatic carbocycles. The Balaban J connectivity index is 1.31. The first-order valence-electron chi connectivity index (χ1n) is 8.90. The molecular formula is C18H14N8O2S2. The van der Waals surface area contributed by atoms with Gasteiger partial charge in [-0.15, -0.1) is 22.7 Å². The van der Waals surface area contributed by atoms with E-state index in [-0.39, 0.29) is 11.4 Å². The summed E-state index contributed by atoms with van der Waals surface area (Å²) >= 11 is 2.84. The minimum Gasteiger partial charge on any atom is -0.244 e.